The van der Waals surface area contributed by atoms with Gasteiger partial charge in [0.15, 0.2) is 5.72 Å². The van der Waals surface area contributed by atoms with Crippen LogP contribution < -0.4 is 5.73 Å². The van der Waals surface area contributed by atoms with Gasteiger partial charge in [-0.1, -0.05) is 41.4 Å². The number of rotatable bonds is 5. The Morgan fingerprint density at radius 3 is 2.53 bits per heavy atom. The van der Waals surface area contributed by atoms with Crippen LogP contribution in [0.5, 0.6) is 0 Å². The molecule has 0 radical (unpaired) electrons. The monoisotopic (exact) mass is 228 g/mol. The summed E-state index contributed by atoms with van der Waals surface area (Å²) in [6.07, 6.45) is 0. The van der Waals surface area contributed by atoms with E-state index >= 15 is 0 Å². The molecule has 0 saturated carbocycles. The maximum Gasteiger partial charge on any atom is 0.153 e. The van der Waals surface area contributed by atoms with Gasteiger partial charge >= 0.3 is 0 Å². The van der Waals surface area contributed by atoms with E-state index in [2.05, 4.69) is 0 Å². The number of nitrogens with two attached hydrogens (primary N) is 1. The average Bonchev–Trinajstić information content (AvgIpc) is 2.18. The molecule has 0 heterocycles. The summed E-state index contributed by atoms with van der Waals surface area (Å²) >= 11 is -2.24. The van der Waals surface area contributed by atoms with E-state index in [-0.39, 0.29) is 5.75 Å². The van der Waals surface area contributed by atoms with Gasteiger partial charge in [-0.2, -0.15) is 0 Å². The van der Waals surface area contributed by atoms with Gasteiger partial charge in [0.1, 0.15) is 0 Å². The Balaban J connectivity index is 2.95. The molecule has 0 spiro atoms. The summed E-state index contributed by atoms with van der Waals surface area (Å²) < 4.78 is 26.7. The quantitative estimate of drug-likeness (QED) is 0.595. The molecule has 0 aromatic heterocycles. The standard InChI is InChI=1S/C10H15NO3S/c1-2-14-10(11,8-15(12)13)9-6-4-3-5-7-9/h3-7H,2,8,11H2,1H3,(H,12,13)/p-1. The van der Waals surface area contributed by atoms with E-state index in [1.165, 1.54) is 0 Å². The van der Waals surface area contributed by atoms with Crippen LogP contribution in [0.3, 0.4) is 0 Å². The van der Waals surface area contributed by atoms with Crippen LogP contribution in [0.25, 0.3) is 0 Å². The molecule has 1 aromatic rings. The van der Waals surface area contributed by atoms with Crippen molar-refractivity contribution in [1.29, 1.82) is 0 Å². The molecule has 1 aromatic carbocycles. The van der Waals surface area contributed by atoms with Crippen molar-refractivity contribution in [3.05, 3.63) is 35.9 Å². The predicted octanol–water partition coefficient (Wildman–Crippen LogP) is 0.714. The Hall–Kier alpha value is -0.750. The second kappa shape index (κ2) is 5.37. The van der Waals surface area contributed by atoms with Crippen molar-refractivity contribution in [3.8, 4) is 0 Å². The molecule has 15 heavy (non-hydrogen) atoms. The van der Waals surface area contributed by atoms with Gasteiger partial charge in [0, 0.05) is 6.61 Å². The fourth-order valence-electron chi connectivity index (χ4n) is 1.36. The molecule has 2 atom stereocenters. The van der Waals surface area contributed by atoms with Gasteiger partial charge in [-0.3, -0.25) is 9.94 Å². The topological polar surface area (TPSA) is 75.4 Å². The van der Waals surface area contributed by atoms with Crippen molar-refractivity contribution >= 4 is 11.1 Å². The van der Waals surface area contributed by atoms with Crippen LogP contribution in [-0.4, -0.2) is 21.1 Å². The summed E-state index contributed by atoms with van der Waals surface area (Å²) in [5.74, 6) is -0.245. The normalized spacial score (nSPS) is 17.0. The highest BCUT2D eigenvalue weighted by atomic mass is 32.2. The molecule has 0 saturated heterocycles. The smallest absolute Gasteiger partial charge is 0.153 e. The molecule has 2 unspecified atom stereocenters. The summed E-state index contributed by atoms with van der Waals surface area (Å²) in [7, 11) is 0. The SMILES string of the molecule is CCOC(N)(CS(=O)[O-])c1ccccc1. The Morgan fingerprint density at radius 1 is 1.47 bits per heavy atom. The van der Waals surface area contributed by atoms with Crippen LogP contribution in [0.2, 0.25) is 0 Å². The van der Waals surface area contributed by atoms with Crippen LogP contribution in [0.4, 0.5) is 0 Å². The summed E-state index contributed by atoms with van der Waals surface area (Å²) in [5.41, 5.74) is 5.33. The van der Waals surface area contributed by atoms with Crippen molar-refractivity contribution in [2.75, 3.05) is 12.4 Å². The lowest BCUT2D eigenvalue weighted by Crippen LogP contribution is -2.44. The van der Waals surface area contributed by atoms with Gasteiger partial charge in [0.05, 0.1) is 5.75 Å². The molecule has 0 bridgehead atoms. The van der Waals surface area contributed by atoms with Crippen LogP contribution in [0.15, 0.2) is 30.3 Å². The van der Waals surface area contributed by atoms with Crippen molar-refractivity contribution in [2.45, 2.75) is 12.6 Å². The van der Waals surface area contributed by atoms with E-state index in [1.54, 1.807) is 31.2 Å². The lowest BCUT2D eigenvalue weighted by molar-refractivity contribution is -0.0217. The maximum absolute atomic E-state index is 10.7. The number of ether oxygens (including phenoxy) is 1. The van der Waals surface area contributed by atoms with E-state index in [1.807, 2.05) is 6.07 Å². The summed E-state index contributed by atoms with van der Waals surface area (Å²) in [6, 6.07) is 8.93. The average molecular weight is 228 g/mol. The van der Waals surface area contributed by atoms with E-state index in [4.69, 9.17) is 10.5 Å². The second-order valence-electron chi connectivity index (χ2n) is 3.14. The van der Waals surface area contributed by atoms with Crippen LogP contribution in [0, 0.1) is 0 Å². The second-order valence-corrected chi connectivity index (χ2v) is 4.03. The molecule has 2 N–H and O–H groups in total. The van der Waals surface area contributed by atoms with Gasteiger partial charge in [-0.05, 0) is 12.5 Å². The fraction of sp³-hybridized carbons (Fsp3) is 0.400. The number of benzene rings is 1. The maximum atomic E-state index is 10.7. The third-order valence-corrected chi connectivity index (χ3v) is 2.66. The predicted molar refractivity (Wildman–Crippen MR) is 57.7 cm³/mol. The van der Waals surface area contributed by atoms with Gasteiger partial charge in [-0.15, -0.1) is 0 Å². The van der Waals surface area contributed by atoms with Gasteiger partial charge in [0.2, 0.25) is 0 Å². The third kappa shape index (κ3) is 3.39. The van der Waals surface area contributed by atoms with Crippen molar-refractivity contribution in [2.24, 2.45) is 5.73 Å². The minimum absolute atomic E-state index is 0.245. The highest BCUT2D eigenvalue weighted by Crippen LogP contribution is 2.20. The molecule has 0 aliphatic rings. The van der Waals surface area contributed by atoms with Crippen LogP contribution in [0.1, 0.15) is 12.5 Å². The van der Waals surface area contributed by atoms with Crippen LogP contribution >= 0.6 is 0 Å². The number of hydrogen-bond acceptors (Lipinski definition) is 4. The van der Waals surface area contributed by atoms with E-state index in [9.17, 15) is 8.76 Å². The molecule has 5 heteroatoms. The lowest BCUT2D eigenvalue weighted by Gasteiger charge is -2.30. The third-order valence-electron chi connectivity index (χ3n) is 2.00. The zero-order valence-corrected chi connectivity index (χ0v) is 9.33. The Morgan fingerprint density at radius 2 is 2.07 bits per heavy atom. The van der Waals surface area contributed by atoms with Crippen molar-refractivity contribution in [1.82, 2.24) is 0 Å². The highest BCUT2D eigenvalue weighted by Gasteiger charge is 2.27. The molecule has 84 valence electrons. The van der Waals surface area contributed by atoms with E-state index < -0.39 is 16.8 Å². The molecular formula is C10H14NO3S-. The van der Waals surface area contributed by atoms with E-state index in [0.717, 1.165) is 0 Å². The first-order valence-electron chi connectivity index (χ1n) is 4.62. The summed E-state index contributed by atoms with van der Waals surface area (Å²) in [6.45, 7) is 2.14. The highest BCUT2D eigenvalue weighted by molar-refractivity contribution is 7.79. The van der Waals surface area contributed by atoms with Crippen molar-refractivity contribution < 1.29 is 13.5 Å². The Labute approximate surface area is 91.7 Å². The fourth-order valence-corrected chi connectivity index (χ4v) is 1.96. The molecule has 0 amide bonds. The molecule has 0 fully saturated rings. The molecule has 4 nitrogen and oxygen atoms in total. The van der Waals surface area contributed by atoms with Gasteiger partial charge in [0.25, 0.3) is 0 Å². The first-order chi connectivity index (χ1) is 7.08. The molecule has 0 aliphatic heterocycles. The van der Waals surface area contributed by atoms with E-state index in [0.29, 0.717) is 12.2 Å². The summed E-state index contributed by atoms with van der Waals surface area (Å²) in [5, 5.41) is 0. The van der Waals surface area contributed by atoms with Crippen LogP contribution in [-0.2, 0) is 21.5 Å². The minimum atomic E-state index is -2.24. The first-order valence-corrected chi connectivity index (χ1v) is 5.87. The lowest BCUT2D eigenvalue weighted by atomic mass is 10.1. The van der Waals surface area contributed by atoms with Crippen molar-refractivity contribution in [3.63, 3.8) is 0 Å². The molecular weight excluding hydrogens is 214 g/mol. The van der Waals surface area contributed by atoms with Gasteiger partial charge < -0.3 is 9.29 Å². The zero-order chi connectivity index (χ0) is 11.3. The largest absolute Gasteiger partial charge is 0.772 e. The minimum Gasteiger partial charge on any atom is -0.772 e. The Bertz CT molecular complexity index is 331. The van der Waals surface area contributed by atoms with Gasteiger partial charge in [-0.25, -0.2) is 0 Å². The zero-order valence-electron chi connectivity index (χ0n) is 8.51. The summed E-state index contributed by atoms with van der Waals surface area (Å²) in [4.78, 5) is 0. The number of hydrogen-bond donors (Lipinski definition) is 1. The first kappa shape index (κ1) is 12.3. The molecule has 0 aliphatic carbocycles. The molecule has 1 rings (SSSR count). The Kier molecular flexibility index (Phi) is 4.41.